The maximum atomic E-state index is 6.09. The van der Waals surface area contributed by atoms with E-state index in [0.717, 1.165) is 49.7 Å². The molecule has 0 unspecified atom stereocenters. The van der Waals surface area contributed by atoms with Crippen LogP contribution in [0.25, 0.3) is 10.2 Å². The Morgan fingerprint density at radius 2 is 2.05 bits per heavy atom. The summed E-state index contributed by atoms with van der Waals surface area (Å²) in [5.41, 5.74) is 1.45. The maximum absolute atomic E-state index is 6.09. The average Bonchev–Trinajstić information content (AvgIpc) is 3.07. The van der Waals surface area contributed by atoms with Crippen molar-refractivity contribution >= 4 is 39.0 Å². The highest BCUT2D eigenvalue weighted by Crippen LogP contribution is 2.39. The summed E-state index contributed by atoms with van der Waals surface area (Å²) in [6.45, 7) is 8.67. The third-order valence-corrected chi connectivity index (χ3v) is 5.73. The second kappa shape index (κ2) is 7.11. The first-order valence-electron chi connectivity index (χ1n) is 8.17. The molecule has 2 aromatic heterocycles. The lowest BCUT2D eigenvalue weighted by atomic mass is 10.2. The molecule has 0 amide bonds. The number of nitrogens with one attached hydrogen (secondary N) is 1. The van der Waals surface area contributed by atoms with Gasteiger partial charge in [-0.15, -0.1) is 11.3 Å². The number of fused-ring (bicyclic) bond motifs is 3. The van der Waals surface area contributed by atoms with Crippen LogP contribution < -0.4 is 5.32 Å². The fourth-order valence-corrected chi connectivity index (χ4v) is 4.63. The molecule has 0 aliphatic heterocycles. The van der Waals surface area contributed by atoms with Gasteiger partial charge in [-0.3, -0.25) is 0 Å². The van der Waals surface area contributed by atoms with E-state index in [1.165, 1.54) is 28.7 Å². The number of hydrogen-bond donors (Lipinski definition) is 1. The first-order chi connectivity index (χ1) is 10.7. The van der Waals surface area contributed by atoms with Gasteiger partial charge < -0.3 is 10.2 Å². The second-order valence-corrected chi connectivity index (χ2v) is 7.11. The molecule has 0 spiro atoms. The Morgan fingerprint density at radius 1 is 1.23 bits per heavy atom. The van der Waals surface area contributed by atoms with E-state index in [0.29, 0.717) is 5.28 Å². The molecule has 6 heteroatoms. The predicted molar refractivity (Wildman–Crippen MR) is 95.3 cm³/mol. The Bertz CT molecular complexity index is 651. The largest absolute Gasteiger partial charge is 0.369 e. The van der Waals surface area contributed by atoms with E-state index >= 15 is 0 Å². The minimum atomic E-state index is 0.346. The highest BCUT2D eigenvalue weighted by molar-refractivity contribution is 7.19. The number of thiophene rings is 1. The van der Waals surface area contributed by atoms with E-state index in [9.17, 15) is 0 Å². The van der Waals surface area contributed by atoms with Gasteiger partial charge in [0.2, 0.25) is 5.28 Å². The van der Waals surface area contributed by atoms with Crippen LogP contribution in [0.5, 0.6) is 0 Å². The number of rotatable bonds is 7. The standard InChI is InChI=1S/C16H23ClN4S/c1-3-21(4-2)10-6-9-18-14-13-11-7-5-8-12(11)22-15(13)20-16(17)19-14/h3-10H2,1-2H3,(H,18,19,20). The van der Waals surface area contributed by atoms with Gasteiger partial charge in [-0.1, -0.05) is 13.8 Å². The van der Waals surface area contributed by atoms with Gasteiger partial charge in [-0.05, 0) is 62.5 Å². The molecular formula is C16H23ClN4S. The van der Waals surface area contributed by atoms with Gasteiger partial charge in [-0.25, -0.2) is 9.97 Å². The summed E-state index contributed by atoms with van der Waals surface area (Å²) in [5.74, 6) is 0.925. The van der Waals surface area contributed by atoms with Crippen molar-refractivity contribution < 1.29 is 0 Å². The third-order valence-electron chi connectivity index (χ3n) is 4.38. The van der Waals surface area contributed by atoms with Crippen LogP contribution in [0.1, 0.15) is 37.1 Å². The van der Waals surface area contributed by atoms with E-state index in [2.05, 4.69) is 34.0 Å². The van der Waals surface area contributed by atoms with Crippen molar-refractivity contribution in [2.75, 3.05) is 31.5 Å². The van der Waals surface area contributed by atoms with E-state index in [1.54, 1.807) is 11.3 Å². The molecule has 0 saturated heterocycles. The van der Waals surface area contributed by atoms with E-state index in [-0.39, 0.29) is 0 Å². The van der Waals surface area contributed by atoms with Crippen LogP contribution in [0, 0.1) is 0 Å². The van der Waals surface area contributed by atoms with Crippen molar-refractivity contribution in [3.63, 3.8) is 0 Å². The topological polar surface area (TPSA) is 41.0 Å². The van der Waals surface area contributed by atoms with Crippen molar-refractivity contribution in [3.8, 4) is 0 Å². The molecule has 0 atom stereocenters. The van der Waals surface area contributed by atoms with Crippen LogP contribution in [0.3, 0.4) is 0 Å². The molecule has 120 valence electrons. The zero-order valence-electron chi connectivity index (χ0n) is 13.3. The lowest BCUT2D eigenvalue weighted by Crippen LogP contribution is -2.25. The van der Waals surface area contributed by atoms with Crippen LogP contribution in [0.2, 0.25) is 5.28 Å². The van der Waals surface area contributed by atoms with Gasteiger partial charge >= 0.3 is 0 Å². The molecule has 1 aliphatic carbocycles. The molecule has 22 heavy (non-hydrogen) atoms. The summed E-state index contributed by atoms with van der Waals surface area (Å²) in [4.78, 5) is 13.8. The Balaban J connectivity index is 1.73. The SMILES string of the molecule is CCN(CC)CCCNc1nc(Cl)nc2sc3c(c12)CCC3. The van der Waals surface area contributed by atoms with Crippen molar-refractivity contribution in [1.29, 1.82) is 0 Å². The monoisotopic (exact) mass is 338 g/mol. The summed E-state index contributed by atoms with van der Waals surface area (Å²) in [7, 11) is 0. The molecule has 4 nitrogen and oxygen atoms in total. The summed E-state index contributed by atoms with van der Waals surface area (Å²) in [5, 5.41) is 5.05. The summed E-state index contributed by atoms with van der Waals surface area (Å²) in [6, 6.07) is 0. The Labute approximate surface area is 140 Å². The van der Waals surface area contributed by atoms with E-state index in [4.69, 9.17) is 11.6 Å². The molecule has 1 N–H and O–H groups in total. The molecule has 0 fully saturated rings. The summed E-state index contributed by atoms with van der Waals surface area (Å²) in [6.07, 6.45) is 4.68. The highest BCUT2D eigenvalue weighted by atomic mass is 35.5. The molecule has 3 rings (SSSR count). The van der Waals surface area contributed by atoms with E-state index < -0.39 is 0 Å². The lowest BCUT2D eigenvalue weighted by molar-refractivity contribution is 0.303. The number of hydrogen-bond acceptors (Lipinski definition) is 5. The smallest absolute Gasteiger partial charge is 0.225 e. The van der Waals surface area contributed by atoms with Crippen molar-refractivity contribution in [2.45, 2.75) is 39.5 Å². The third kappa shape index (κ3) is 3.21. The number of aromatic nitrogens is 2. The number of halogens is 1. The van der Waals surface area contributed by atoms with Crippen LogP contribution >= 0.6 is 22.9 Å². The maximum Gasteiger partial charge on any atom is 0.225 e. The number of anilines is 1. The van der Waals surface area contributed by atoms with Gasteiger partial charge in [0.25, 0.3) is 0 Å². The average molecular weight is 339 g/mol. The Hall–Kier alpha value is -0.910. The molecule has 0 radical (unpaired) electrons. The van der Waals surface area contributed by atoms with Gasteiger partial charge in [0.15, 0.2) is 0 Å². The second-order valence-electron chi connectivity index (χ2n) is 5.69. The van der Waals surface area contributed by atoms with Gasteiger partial charge in [0.1, 0.15) is 10.6 Å². The van der Waals surface area contributed by atoms with Crippen molar-refractivity contribution in [3.05, 3.63) is 15.7 Å². The first kappa shape index (κ1) is 16.0. The van der Waals surface area contributed by atoms with Gasteiger partial charge in [0, 0.05) is 11.4 Å². The van der Waals surface area contributed by atoms with Crippen LogP contribution in [0.4, 0.5) is 5.82 Å². The molecule has 0 aromatic carbocycles. The van der Waals surface area contributed by atoms with Gasteiger partial charge in [-0.2, -0.15) is 0 Å². The number of nitrogens with zero attached hydrogens (tertiary/aromatic N) is 3. The molecule has 0 bridgehead atoms. The molecule has 0 saturated carbocycles. The summed E-state index contributed by atoms with van der Waals surface area (Å²) < 4.78 is 0. The Kier molecular flexibility index (Phi) is 5.16. The fraction of sp³-hybridized carbons (Fsp3) is 0.625. The normalized spacial score (nSPS) is 14.0. The van der Waals surface area contributed by atoms with Crippen LogP contribution in [-0.2, 0) is 12.8 Å². The van der Waals surface area contributed by atoms with E-state index in [1.807, 2.05) is 0 Å². The van der Waals surface area contributed by atoms with Crippen LogP contribution in [0.15, 0.2) is 0 Å². The van der Waals surface area contributed by atoms with Crippen molar-refractivity contribution in [1.82, 2.24) is 14.9 Å². The zero-order chi connectivity index (χ0) is 15.5. The molecule has 1 aliphatic rings. The molecule has 2 heterocycles. The minimum Gasteiger partial charge on any atom is -0.369 e. The van der Waals surface area contributed by atoms with Crippen molar-refractivity contribution in [2.24, 2.45) is 0 Å². The number of aryl methyl sites for hydroxylation is 2. The highest BCUT2D eigenvalue weighted by Gasteiger charge is 2.21. The quantitative estimate of drug-likeness (QED) is 0.612. The van der Waals surface area contributed by atoms with Gasteiger partial charge in [0.05, 0.1) is 5.39 Å². The first-order valence-corrected chi connectivity index (χ1v) is 9.36. The summed E-state index contributed by atoms with van der Waals surface area (Å²) >= 11 is 7.87. The zero-order valence-corrected chi connectivity index (χ0v) is 14.9. The molecular weight excluding hydrogens is 316 g/mol. The Morgan fingerprint density at radius 3 is 2.82 bits per heavy atom. The minimum absolute atomic E-state index is 0.346. The fourth-order valence-electron chi connectivity index (χ4n) is 3.15. The lowest BCUT2D eigenvalue weighted by Gasteiger charge is -2.18. The van der Waals surface area contributed by atoms with Crippen LogP contribution in [-0.4, -0.2) is 41.0 Å². The molecule has 2 aromatic rings. The predicted octanol–water partition coefficient (Wildman–Crippen LogP) is 3.98.